The van der Waals surface area contributed by atoms with E-state index < -0.39 is 16.0 Å². The summed E-state index contributed by atoms with van der Waals surface area (Å²) >= 11 is 0. The number of nitro benzene ring substituents is 1. The van der Waals surface area contributed by atoms with Crippen molar-refractivity contribution in [2.75, 3.05) is 18.1 Å². The van der Waals surface area contributed by atoms with Gasteiger partial charge in [0.2, 0.25) is 0 Å². The van der Waals surface area contributed by atoms with Gasteiger partial charge in [0.15, 0.2) is 0 Å². The molecule has 0 saturated carbocycles. The molecule has 1 saturated heterocycles. The lowest BCUT2D eigenvalue weighted by atomic mass is 10.1. The van der Waals surface area contributed by atoms with Crippen LogP contribution in [0.15, 0.2) is 21.7 Å². The summed E-state index contributed by atoms with van der Waals surface area (Å²) < 4.78 is 5.47. The highest BCUT2D eigenvalue weighted by Gasteiger charge is 2.29. The molecule has 0 radical (unpaired) electrons. The monoisotopic (exact) mass is 320 g/mol. The summed E-state index contributed by atoms with van der Waals surface area (Å²) in [4.78, 5) is 40.8. The molecule has 0 spiro atoms. The molecule has 23 heavy (non-hydrogen) atoms. The number of non-ortho nitro benzene ring substituents is 1. The van der Waals surface area contributed by atoms with Crippen LogP contribution in [0.3, 0.4) is 0 Å². The predicted molar refractivity (Wildman–Crippen MR) is 84.1 cm³/mol. The Morgan fingerprint density at radius 1 is 1.17 bits per heavy atom. The summed E-state index contributed by atoms with van der Waals surface area (Å²) in [6.07, 6.45) is 0. The Kier molecular flexibility index (Phi) is 3.64. The highest BCUT2D eigenvalue weighted by molar-refractivity contribution is 5.90. The maximum atomic E-state index is 11.7. The van der Waals surface area contributed by atoms with Crippen LogP contribution in [0.2, 0.25) is 0 Å². The van der Waals surface area contributed by atoms with Crippen LogP contribution in [0.4, 0.5) is 11.4 Å². The third kappa shape index (κ3) is 2.59. The smallest absolute Gasteiger partial charge is 0.314 e. The van der Waals surface area contributed by atoms with Crippen molar-refractivity contribution < 1.29 is 9.66 Å². The lowest BCUT2D eigenvalue weighted by Gasteiger charge is -2.40. The van der Waals surface area contributed by atoms with E-state index in [1.807, 2.05) is 18.7 Å². The van der Waals surface area contributed by atoms with Gasteiger partial charge in [-0.1, -0.05) is 0 Å². The zero-order chi connectivity index (χ0) is 16.7. The number of fused-ring (bicyclic) bond motifs is 1. The Labute approximate surface area is 130 Å². The minimum Gasteiger partial charge on any atom is -0.377 e. The molecule has 1 fully saturated rings. The summed E-state index contributed by atoms with van der Waals surface area (Å²) in [5.41, 5.74) is -0.675. The molecule has 3 rings (SSSR count). The van der Waals surface area contributed by atoms with Crippen molar-refractivity contribution in [3.05, 3.63) is 43.0 Å². The van der Waals surface area contributed by atoms with E-state index in [4.69, 9.17) is 4.74 Å². The number of aromatic nitrogens is 2. The Morgan fingerprint density at radius 3 is 2.39 bits per heavy atom. The third-order valence-corrected chi connectivity index (χ3v) is 3.95. The van der Waals surface area contributed by atoms with Crippen LogP contribution in [0.25, 0.3) is 11.0 Å². The SMILES string of the molecule is CC1COCC(C)N1c1cc([N+](=O)[O-])cc2[nH]c(=O)c(=O)[nH]c12. The van der Waals surface area contributed by atoms with Crippen molar-refractivity contribution in [1.82, 2.24) is 9.97 Å². The van der Waals surface area contributed by atoms with Gasteiger partial charge in [-0.25, -0.2) is 0 Å². The number of ether oxygens (including phenoxy) is 1. The second-order valence-corrected chi connectivity index (χ2v) is 5.70. The zero-order valence-electron chi connectivity index (χ0n) is 12.7. The van der Waals surface area contributed by atoms with E-state index in [1.165, 1.54) is 12.1 Å². The van der Waals surface area contributed by atoms with Crippen LogP contribution in [0.1, 0.15) is 13.8 Å². The number of anilines is 1. The molecule has 0 bridgehead atoms. The Hall–Kier alpha value is -2.68. The molecule has 122 valence electrons. The van der Waals surface area contributed by atoms with Gasteiger partial charge in [-0.05, 0) is 13.8 Å². The Morgan fingerprint density at radius 2 is 1.78 bits per heavy atom. The first kappa shape index (κ1) is 15.2. The number of rotatable bonds is 2. The van der Waals surface area contributed by atoms with Crippen molar-refractivity contribution >= 4 is 22.4 Å². The summed E-state index contributed by atoms with van der Waals surface area (Å²) in [5, 5.41) is 11.2. The van der Waals surface area contributed by atoms with E-state index in [-0.39, 0.29) is 23.3 Å². The molecule has 9 heteroatoms. The third-order valence-electron chi connectivity index (χ3n) is 3.95. The van der Waals surface area contributed by atoms with Crippen LogP contribution in [-0.4, -0.2) is 40.2 Å². The second kappa shape index (κ2) is 5.51. The van der Waals surface area contributed by atoms with Gasteiger partial charge in [0, 0.05) is 12.1 Å². The average molecular weight is 320 g/mol. The molecule has 2 unspecified atom stereocenters. The van der Waals surface area contributed by atoms with Gasteiger partial charge >= 0.3 is 11.1 Å². The zero-order valence-corrected chi connectivity index (χ0v) is 12.7. The first-order valence-corrected chi connectivity index (χ1v) is 7.19. The van der Waals surface area contributed by atoms with Crippen LogP contribution in [0.5, 0.6) is 0 Å². The van der Waals surface area contributed by atoms with Crippen LogP contribution in [0, 0.1) is 10.1 Å². The summed E-state index contributed by atoms with van der Waals surface area (Å²) in [5.74, 6) is 0. The predicted octanol–water partition coefficient (Wildman–Crippen LogP) is 0.738. The molecule has 2 atom stereocenters. The van der Waals surface area contributed by atoms with Gasteiger partial charge in [0.05, 0.1) is 46.9 Å². The van der Waals surface area contributed by atoms with Crippen LogP contribution >= 0.6 is 0 Å². The topological polar surface area (TPSA) is 121 Å². The molecule has 2 heterocycles. The molecule has 2 aromatic rings. The number of benzene rings is 1. The second-order valence-electron chi connectivity index (χ2n) is 5.70. The molecule has 0 aliphatic carbocycles. The van der Waals surface area contributed by atoms with Crippen molar-refractivity contribution in [2.24, 2.45) is 0 Å². The van der Waals surface area contributed by atoms with E-state index in [9.17, 15) is 19.7 Å². The minimum absolute atomic E-state index is 0.0283. The lowest BCUT2D eigenvalue weighted by Crippen LogP contribution is -2.50. The summed E-state index contributed by atoms with van der Waals surface area (Å²) in [6, 6.07) is 2.60. The van der Waals surface area contributed by atoms with Crippen molar-refractivity contribution in [2.45, 2.75) is 25.9 Å². The minimum atomic E-state index is -0.841. The fraction of sp³-hybridized carbons (Fsp3) is 0.429. The standard InChI is InChI=1S/C14H16N4O5/c1-7-5-23-6-8(2)17(7)11-4-9(18(21)22)3-10-12(11)16-14(20)13(19)15-10/h3-4,7-8H,5-6H2,1-2H3,(H,15,19)(H,16,20). The van der Waals surface area contributed by atoms with Crippen molar-refractivity contribution in [3.8, 4) is 0 Å². The van der Waals surface area contributed by atoms with E-state index in [0.29, 0.717) is 24.4 Å². The fourth-order valence-electron chi connectivity index (χ4n) is 2.98. The molecule has 1 aliphatic heterocycles. The molecule has 2 N–H and O–H groups in total. The Balaban J connectivity index is 2.32. The quantitative estimate of drug-likeness (QED) is 0.478. The van der Waals surface area contributed by atoms with Crippen molar-refractivity contribution in [1.29, 1.82) is 0 Å². The van der Waals surface area contributed by atoms with Crippen LogP contribution in [-0.2, 0) is 4.74 Å². The van der Waals surface area contributed by atoms with E-state index in [2.05, 4.69) is 9.97 Å². The fourth-order valence-corrected chi connectivity index (χ4v) is 2.98. The van der Waals surface area contributed by atoms with Gasteiger partial charge in [-0.3, -0.25) is 19.7 Å². The Bertz CT molecular complexity index is 877. The summed E-state index contributed by atoms with van der Waals surface area (Å²) in [7, 11) is 0. The number of hydrogen-bond donors (Lipinski definition) is 2. The number of hydrogen-bond acceptors (Lipinski definition) is 6. The van der Waals surface area contributed by atoms with Crippen LogP contribution < -0.4 is 16.0 Å². The molecule has 1 aliphatic rings. The van der Waals surface area contributed by atoms with Gasteiger partial charge < -0.3 is 19.6 Å². The maximum Gasteiger partial charge on any atom is 0.314 e. The van der Waals surface area contributed by atoms with Crippen molar-refractivity contribution in [3.63, 3.8) is 0 Å². The lowest BCUT2D eigenvalue weighted by molar-refractivity contribution is -0.384. The molecule has 1 aromatic heterocycles. The first-order valence-electron chi connectivity index (χ1n) is 7.19. The molecule has 9 nitrogen and oxygen atoms in total. The molecular weight excluding hydrogens is 304 g/mol. The summed E-state index contributed by atoms with van der Waals surface area (Å²) in [6.45, 7) is 4.82. The first-order chi connectivity index (χ1) is 10.9. The van der Waals surface area contributed by atoms with E-state index >= 15 is 0 Å². The maximum absolute atomic E-state index is 11.7. The number of H-pyrrole nitrogens is 2. The van der Waals surface area contributed by atoms with E-state index in [1.54, 1.807) is 0 Å². The normalized spacial score (nSPS) is 21.6. The highest BCUT2D eigenvalue weighted by atomic mass is 16.6. The number of morpholine rings is 1. The molecule has 0 amide bonds. The number of aromatic amines is 2. The molecule has 1 aromatic carbocycles. The number of nitrogens with zero attached hydrogens (tertiary/aromatic N) is 2. The average Bonchev–Trinajstić information content (AvgIpc) is 2.48. The van der Waals surface area contributed by atoms with Gasteiger partial charge in [-0.15, -0.1) is 0 Å². The molecular formula is C14H16N4O5. The highest BCUT2D eigenvalue weighted by Crippen LogP contribution is 2.32. The van der Waals surface area contributed by atoms with Gasteiger partial charge in [0.25, 0.3) is 5.69 Å². The largest absolute Gasteiger partial charge is 0.377 e. The van der Waals surface area contributed by atoms with Gasteiger partial charge in [-0.2, -0.15) is 0 Å². The van der Waals surface area contributed by atoms with Gasteiger partial charge in [0.1, 0.15) is 0 Å². The number of nitrogens with one attached hydrogen (secondary N) is 2. The number of nitro groups is 1. The van der Waals surface area contributed by atoms with E-state index in [0.717, 1.165) is 0 Å².